The van der Waals surface area contributed by atoms with Crippen LogP contribution in [-0.2, 0) is 0 Å². The molecule has 0 fully saturated rings. The zero-order chi connectivity index (χ0) is 13.2. The lowest BCUT2D eigenvalue weighted by molar-refractivity contribution is 0.318. The minimum atomic E-state index is -0.0897. The van der Waals surface area contributed by atoms with Crippen molar-refractivity contribution in [3.63, 3.8) is 0 Å². The second kappa shape index (κ2) is 4.33. The van der Waals surface area contributed by atoms with Gasteiger partial charge >= 0.3 is 0 Å². The van der Waals surface area contributed by atoms with E-state index in [2.05, 4.69) is 25.4 Å². The summed E-state index contributed by atoms with van der Waals surface area (Å²) in [5.74, 6) is 0.214. The van der Waals surface area contributed by atoms with Crippen LogP contribution < -0.4 is 5.73 Å². The van der Waals surface area contributed by atoms with Crippen LogP contribution in [0.2, 0.25) is 0 Å². The van der Waals surface area contributed by atoms with Crippen LogP contribution in [0.25, 0.3) is 17.0 Å². The van der Waals surface area contributed by atoms with Crippen LogP contribution in [0.5, 0.6) is 0 Å². The van der Waals surface area contributed by atoms with Gasteiger partial charge in [-0.2, -0.15) is 4.68 Å². The van der Waals surface area contributed by atoms with Crippen molar-refractivity contribution in [2.75, 3.05) is 0 Å². The highest BCUT2D eigenvalue weighted by molar-refractivity contribution is 5.95. The van der Waals surface area contributed by atoms with Crippen molar-refractivity contribution in [3.8, 4) is 5.95 Å². The van der Waals surface area contributed by atoms with E-state index in [9.17, 15) is 0 Å². The Morgan fingerprint density at radius 3 is 2.95 bits per heavy atom. The first-order chi connectivity index (χ1) is 9.29. The third-order valence-electron chi connectivity index (χ3n) is 2.55. The molecule has 3 rings (SSSR count). The molecule has 3 aromatic rings. The van der Waals surface area contributed by atoms with Crippen LogP contribution >= 0.6 is 0 Å². The lowest BCUT2D eigenvalue weighted by atomic mass is 10.3. The lowest BCUT2D eigenvalue weighted by Crippen LogP contribution is -2.17. The molecule has 0 saturated carbocycles. The largest absolute Gasteiger partial charge is 0.409 e. The van der Waals surface area contributed by atoms with E-state index in [0.717, 1.165) is 11.0 Å². The van der Waals surface area contributed by atoms with Crippen molar-refractivity contribution in [3.05, 3.63) is 42.2 Å². The van der Waals surface area contributed by atoms with Crippen LogP contribution in [0.3, 0.4) is 0 Å². The molecule has 0 amide bonds. The first-order valence-corrected chi connectivity index (χ1v) is 5.41. The molecule has 1 aromatic carbocycles. The van der Waals surface area contributed by atoms with E-state index < -0.39 is 0 Å². The molecule has 2 aromatic heterocycles. The Balaban J connectivity index is 2.17. The van der Waals surface area contributed by atoms with E-state index in [1.807, 2.05) is 24.3 Å². The zero-order valence-electron chi connectivity index (χ0n) is 9.67. The summed E-state index contributed by atoms with van der Waals surface area (Å²) in [5.41, 5.74) is 7.32. The number of hydrogen-bond acceptors (Lipinski definition) is 6. The molecular formula is C11H9N7O. The van der Waals surface area contributed by atoms with Gasteiger partial charge in [-0.25, -0.2) is 9.97 Å². The Morgan fingerprint density at radius 2 is 2.11 bits per heavy atom. The van der Waals surface area contributed by atoms with Crippen molar-refractivity contribution in [2.45, 2.75) is 0 Å². The van der Waals surface area contributed by atoms with Crippen molar-refractivity contribution in [1.29, 1.82) is 0 Å². The van der Waals surface area contributed by atoms with Gasteiger partial charge in [0.05, 0.1) is 5.52 Å². The summed E-state index contributed by atoms with van der Waals surface area (Å²) in [5, 5.41) is 19.6. The maximum Gasteiger partial charge on any atom is 0.253 e. The van der Waals surface area contributed by atoms with E-state index in [1.165, 1.54) is 16.9 Å². The number of benzene rings is 1. The van der Waals surface area contributed by atoms with Gasteiger partial charge in [0.15, 0.2) is 5.84 Å². The number of nitrogens with two attached hydrogens (primary N) is 1. The van der Waals surface area contributed by atoms with Gasteiger partial charge in [-0.05, 0) is 18.2 Å². The molecule has 0 spiro atoms. The summed E-state index contributed by atoms with van der Waals surface area (Å²) in [6.07, 6.45) is 1.51. The maximum atomic E-state index is 8.65. The third kappa shape index (κ3) is 1.84. The average Bonchev–Trinajstić information content (AvgIpc) is 2.90. The Kier molecular flexibility index (Phi) is 2.53. The first-order valence-electron chi connectivity index (χ1n) is 5.41. The molecule has 0 aliphatic heterocycles. The fraction of sp³-hybridized carbons (Fsp3) is 0. The van der Waals surface area contributed by atoms with Gasteiger partial charge in [0.1, 0.15) is 11.2 Å². The number of hydrogen-bond donors (Lipinski definition) is 2. The Morgan fingerprint density at radius 1 is 1.26 bits per heavy atom. The molecular weight excluding hydrogens is 246 g/mol. The van der Waals surface area contributed by atoms with E-state index in [4.69, 9.17) is 10.9 Å². The third-order valence-corrected chi connectivity index (χ3v) is 2.55. The number of nitrogens with zero attached hydrogens (tertiary/aromatic N) is 6. The number of rotatable bonds is 2. The molecule has 0 aliphatic rings. The van der Waals surface area contributed by atoms with Gasteiger partial charge in [-0.3, -0.25) is 0 Å². The molecule has 0 aliphatic carbocycles. The van der Waals surface area contributed by atoms with Gasteiger partial charge in [0, 0.05) is 6.20 Å². The van der Waals surface area contributed by atoms with E-state index in [0.29, 0.717) is 11.6 Å². The number of amidine groups is 1. The summed E-state index contributed by atoms with van der Waals surface area (Å²) in [6, 6.07) is 8.98. The molecule has 8 heteroatoms. The molecule has 0 bridgehead atoms. The highest BCUT2D eigenvalue weighted by Crippen LogP contribution is 2.12. The fourth-order valence-corrected chi connectivity index (χ4v) is 1.66. The number of oxime groups is 1. The van der Waals surface area contributed by atoms with Crippen LogP contribution in [0.4, 0.5) is 0 Å². The molecule has 0 radical (unpaired) electrons. The molecule has 0 unspecified atom stereocenters. The molecule has 8 nitrogen and oxygen atoms in total. The minimum absolute atomic E-state index is 0.0897. The van der Waals surface area contributed by atoms with Gasteiger partial charge < -0.3 is 10.9 Å². The lowest BCUT2D eigenvalue weighted by Gasteiger charge is -2.02. The van der Waals surface area contributed by atoms with Gasteiger partial charge in [0.2, 0.25) is 0 Å². The number of fused-ring (bicyclic) bond motifs is 1. The van der Waals surface area contributed by atoms with Crippen molar-refractivity contribution in [2.24, 2.45) is 10.9 Å². The average molecular weight is 255 g/mol. The van der Waals surface area contributed by atoms with Crippen LogP contribution in [0.1, 0.15) is 5.69 Å². The summed E-state index contributed by atoms with van der Waals surface area (Å²) >= 11 is 0. The molecule has 3 N–H and O–H groups in total. The molecule has 2 heterocycles. The van der Waals surface area contributed by atoms with Crippen molar-refractivity contribution >= 4 is 16.9 Å². The van der Waals surface area contributed by atoms with Gasteiger partial charge in [-0.15, -0.1) is 5.10 Å². The highest BCUT2D eigenvalue weighted by Gasteiger charge is 2.10. The summed E-state index contributed by atoms with van der Waals surface area (Å²) in [4.78, 5) is 8.28. The van der Waals surface area contributed by atoms with E-state index in [-0.39, 0.29) is 5.84 Å². The number of para-hydroxylation sites is 1. The SMILES string of the molecule is N/C(=N/O)c1ccnc(-n2nnc3ccccc32)n1. The Labute approximate surface area is 107 Å². The van der Waals surface area contributed by atoms with Crippen molar-refractivity contribution in [1.82, 2.24) is 25.0 Å². The molecule has 0 atom stereocenters. The monoisotopic (exact) mass is 255 g/mol. The quantitative estimate of drug-likeness (QED) is 0.294. The first kappa shape index (κ1) is 11.1. The summed E-state index contributed by atoms with van der Waals surface area (Å²) in [7, 11) is 0. The molecule has 19 heavy (non-hydrogen) atoms. The smallest absolute Gasteiger partial charge is 0.253 e. The predicted molar refractivity (Wildman–Crippen MR) is 67.0 cm³/mol. The Bertz CT molecular complexity index is 764. The molecule has 0 saturated heterocycles. The second-order valence-corrected chi connectivity index (χ2v) is 3.72. The topological polar surface area (TPSA) is 115 Å². The van der Waals surface area contributed by atoms with E-state index in [1.54, 1.807) is 0 Å². The zero-order valence-corrected chi connectivity index (χ0v) is 9.67. The minimum Gasteiger partial charge on any atom is -0.409 e. The normalized spacial score (nSPS) is 11.9. The number of aromatic nitrogens is 5. The summed E-state index contributed by atoms with van der Waals surface area (Å²) < 4.78 is 1.49. The maximum absolute atomic E-state index is 8.65. The fourth-order valence-electron chi connectivity index (χ4n) is 1.66. The highest BCUT2D eigenvalue weighted by atomic mass is 16.4. The summed E-state index contributed by atoms with van der Waals surface area (Å²) in [6.45, 7) is 0. The van der Waals surface area contributed by atoms with Gasteiger partial charge in [-0.1, -0.05) is 22.5 Å². The standard InChI is InChI=1S/C11H9N7O/c12-10(16-19)8-5-6-13-11(14-8)18-9-4-2-1-3-7(9)15-17-18/h1-6,19H,(H2,12,16). The predicted octanol–water partition coefficient (Wildman–Crippen LogP) is 0.305. The van der Waals surface area contributed by atoms with Crippen LogP contribution in [0.15, 0.2) is 41.7 Å². The second-order valence-electron chi connectivity index (χ2n) is 3.72. The van der Waals surface area contributed by atoms with Crippen molar-refractivity contribution < 1.29 is 5.21 Å². The Hall–Kier alpha value is -3.03. The van der Waals surface area contributed by atoms with Gasteiger partial charge in [0.25, 0.3) is 5.95 Å². The van der Waals surface area contributed by atoms with Crippen LogP contribution in [0, 0.1) is 0 Å². The van der Waals surface area contributed by atoms with E-state index >= 15 is 0 Å². The molecule has 94 valence electrons. The van der Waals surface area contributed by atoms with Crippen LogP contribution in [-0.4, -0.2) is 36.0 Å².